The molecule has 3 nitrogen and oxygen atoms in total. The van der Waals surface area contributed by atoms with Crippen molar-refractivity contribution in [3.05, 3.63) is 0 Å². The van der Waals surface area contributed by atoms with Crippen molar-refractivity contribution < 1.29 is 15.3 Å². The van der Waals surface area contributed by atoms with Gasteiger partial charge in [0.05, 0.1) is 6.10 Å². The van der Waals surface area contributed by atoms with E-state index in [-0.39, 0.29) is 19.1 Å². The van der Waals surface area contributed by atoms with Crippen molar-refractivity contribution in [3.8, 4) is 0 Å². The second kappa shape index (κ2) is 6.58. The van der Waals surface area contributed by atoms with Gasteiger partial charge < -0.3 is 15.3 Å². The molecule has 0 rings (SSSR count). The molecule has 1 unspecified atom stereocenters. The number of hydrogen-bond acceptors (Lipinski definition) is 3. The molecule has 0 saturated heterocycles. The topological polar surface area (TPSA) is 60.7 Å². The Morgan fingerprint density at radius 3 is 2.27 bits per heavy atom. The molecule has 0 aliphatic carbocycles. The fraction of sp³-hybridized carbons (Fsp3) is 1.00. The summed E-state index contributed by atoms with van der Waals surface area (Å²) in [7, 11) is 0. The Balaban J connectivity index is 3.28. The van der Waals surface area contributed by atoms with Crippen LogP contribution in [0.1, 0.15) is 26.2 Å². The third kappa shape index (κ3) is 5.18. The molecule has 0 bridgehead atoms. The van der Waals surface area contributed by atoms with E-state index in [1.54, 1.807) is 0 Å². The predicted molar refractivity (Wildman–Crippen MR) is 43.2 cm³/mol. The van der Waals surface area contributed by atoms with E-state index in [4.69, 9.17) is 10.2 Å². The molecule has 68 valence electrons. The molecule has 0 fully saturated rings. The molecule has 0 radical (unpaired) electrons. The van der Waals surface area contributed by atoms with Crippen molar-refractivity contribution >= 4 is 0 Å². The van der Waals surface area contributed by atoms with E-state index in [0.29, 0.717) is 6.42 Å². The summed E-state index contributed by atoms with van der Waals surface area (Å²) < 4.78 is 0. The first-order chi connectivity index (χ1) is 5.22. The smallest absolute Gasteiger partial charge is 0.0587 e. The van der Waals surface area contributed by atoms with Crippen LogP contribution in [0.2, 0.25) is 0 Å². The van der Waals surface area contributed by atoms with Gasteiger partial charge >= 0.3 is 0 Å². The molecular formula is C8H18O3. The highest BCUT2D eigenvalue weighted by Crippen LogP contribution is 2.09. The van der Waals surface area contributed by atoms with Gasteiger partial charge in [0.25, 0.3) is 0 Å². The average molecular weight is 162 g/mol. The third-order valence-electron chi connectivity index (χ3n) is 1.85. The van der Waals surface area contributed by atoms with E-state index in [9.17, 15) is 5.11 Å². The maximum absolute atomic E-state index is 9.30. The summed E-state index contributed by atoms with van der Waals surface area (Å²) >= 11 is 0. The van der Waals surface area contributed by atoms with Crippen LogP contribution in [-0.4, -0.2) is 34.6 Å². The van der Waals surface area contributed by atoms with Gasteiger partial charge in [-0.25, -0.2) is 0 Å². The van der Waals surface area contributed by atoms with Gasteiger partial charge in [-0.1, -0.05) is 6.92 Å². The summed E-state index contributed by atoms with van der Waals surface area (Å²) in [6.07, 6.45) is 1.80. The Bertz CT molecular complexity index is 85.4. The van der Waals surface area contributed by atoms with E-state index < -0.39 is 6.10 Å². The predicted octanol–water partition coefficient (Wildman–Crippen LogP) is 0.138. The Labute approximate surface area is 67.7 Å². The van der Waals surface area contributed by atoms with E-state index >= 15 is 0 Å². The van der Waals surface area contributed by atoms with E-state index in [0.717, 1.165) is 12.8 Å². The summed E-state index contributed by atoms with van der Waals surface area (Å²) in [4.78, 5) is 0. The molecule has 0 aromatic rings. The maximum atomic E-state index is 9.30. The van der Waals surface area contributed by atoms with Crippen LogP contribution >= 0.6 is 0 Å². The first-order valence-electron chi connectivity index (χ1n) is 4.12. The zero-order valence-corrected chi connectivity index (χ0v) is 7.03. The zero-order chi connectivity index (χ0) is 8.69. The van der Waals surface area contributed by atoms with Crippen LogP contribution in [0.3, 0.4) is 0 Å². The van der Waals surface area contributed by atoms with E-state index in [1.807, 2.05) is 6.92 Å². The van der Waals surface area contributed by atoms with Gasteiger partial charge in [-0.05, 0) is 19.3 Å². The molecule has 0 aromatic carbocycles. The number of aliphatic hydroxyl groups excluding tert-OH is 3. The van der Waals surface area contributed by atoms with Gasteiger partial charge in [-0.15, -0.1) is 0 Å². The average Bonchev–Trinajstić information content (AvgIpc) is 2.03. The standard InChI is InChI=1S/C8H18O3/c1-7(6-10)8(11)4-2-3-5-9/h7-11H,2-6H2,1H3/t7-,8?/m0/s1. The molecule has 0 amide bonds. The van der Waals surface area contributed by atoms with Gasteiger partial charge in [-0.3, -0.25) is 0 Å². The summed E-state index contributed by atoms with van der Waals surface area (Å²) in [6, 6.07) is 0. The monoisotopic (exact) mass is 162 g/mol. The molecular weight excluding hydrogens is 144 g/mol. The summed E-state index contributed by atoms with van der Waals surface area (Å²) in [5.41, 5.74) is 0. The van der Waals surface area contributed by atoms with Crippen molar-refractivity contribution in [3.63, 3.8) is 0 Å². The second-order valence-electron chi connectivity index (χ2n) is 2.95. The Morgan fingerprint density at radius 1 is 1.18 bits per heavy atom. The SMILES string of the molecule is C[C@@H](CO)C(O)CCCCO. The lowest BCUT2D eigenvalue weighted by atomic mass is 10.0. The third-order valence-corrected chi connectivity index (χ3v) is 1.85. The molecule has 0 aliphatic rings. The molecule has 0 heterocycles. The highest BCUT2D eigenvalue weighted by atomic mass is 16.3. The largest absolute Gasteiger partial charge is 0.396 e. The lowest BCUT2D eigenvalue weighted by molar-refractivity contribution is 0.0675. The minimum absolute atomic E-state index is 0.0281. The molecule has 3 N–H and O–H groups in total. The Morgan fingerprint density at radius 2 is 1.82 bits per heavy atom. The number of rotatable bonds is 6. The van der Waals surface area contributed by atoms with Crippen molar-refractivity contribution in [1.29, 1.82) is 0 Å². The normalized spacial score (nSPS) is 16.4. The second-order valence-corrected chi connectivity index (χ2v) is 2.95. The molecule has 2 atom stereocenters. The minimum atomic E-state index is -0.424. The lowest BCUT2D eigenvalue weighted by Crippen LogP contribution is -2.20. The van der Waals surface area contributed by atoms with Gasteiger partial charge in [0.2, 0.25) is 0 Å². The maximum Gasteiger partial charge on any atom is 0.0587 e. The quantitative estimate of drug-likeness (QED) is 0.487. The summed E-state index contributed by atoms with van der Waals surface area (Å²) in [5, 5.41) is 26.4. The van der Waals surface area contributed by atoms with Gasteiger partial charge in [-0.2, -0.15) is 0 Å². The number of aliphatic hydroxyl groups is 3. The van der Waals surface area contributed by atoms with Crippen LogP contribution in [0.4, 0.5) is 0 Å². The number of unbranched alkanes of at least 4 members (excludes halogenated alkanes) is 1. The van der Waals surface area contributed by atoms with Crippen LogP contribution in [0.5, 0.6) is 0 Å². The minimum Gasteiger partial charge on any atom is -0.396 e. The molecule has 0 aromatic heterocycles. The van der Waals surface area contributed by atoms with Crippen molar-refractivity contribution in [2.24, 2.45) is 5.92 Å². The van der Waals surface area contributed by atoms with Gasteiger partial charge in [0.1, 0.15) is 0 Å². The highest BCUT2D eigenvalue weighted by Gasteiger charge is 2.11. The van der Waals surface area contributed by atoms with Crippen LogP contribution in [-0.2, 0) is 0 Å². The fourth-order valence-electron chi connectivity index (χ4n) is 0.871. The van der Waals surface area contributed by atoms with Crippen molar-refractivity contribution in [1.82, 2.24) is 0 Å². The van der Waals surface area contributed by atoms with E-state index in [1.165, 1.54) is 0 Å². The molecule has 0 spiro atoms. The van der Waals surface area contributed by atoms with Crippen LogP contribution in [0.15, 0.2) is 0 Å². The molecule has 11 heavy (non-hydrogen) atoms. The van der Waals surface area contributed by atoms with Crippen LogP contribution in [0.25, 0.3) is 0 Å². The zero-order valence-electron chi connectivity index (χ0n) is 7.03. The van der Waals surface area contributed by atoms with Crippen molar-refractivity contribution in [2.45, 2.75) is 32.3 Å². The molecule has 0 aliphatic heterocycles. The number of hydrogen-bond donors (Lipinski definition) is 3. The fourth-order valence-corrected chi connectivity index (χ4v) is 0.871. The Kier molecular flexibility index (Phi) is 6.51. The lowest BCUT2D eigenvalue weighted by Gasteiger charge is -2.15. The Hall–Kier alpha value is -0.120. The van der Waals surface area contributed by atoms with Crippen LogP contribution < -0.4 is 0 Å². The molecule has 0 saturated carbocycles. The van der Waals surface area contributed by atoms with Gasteiger partial charge in [0, 0.05) is 19.1 Å². The van der Waals surface area contributed by atoms with E-state index in [2.05, 4.69) is 0 Å². The van der Waals surface area contributed by atoms with Crippen molar-refractivity contribution in [2.75, 3.05) is 13.2 Å². The summed E-state index contributed by atoms with van der Waals surface area (Å²) in [5.74, 6) is -0.0475. The highest BCUT2D eigenvalue weighted by molar-refractivity contribution is 4.62. The first kappa shape index (κ1) is 10.9. The summed E-state index contributed by atoms with van der Waals surface area (Å²) in [6.45, 7) is 2.02. The first-order valence-corrected chi connectivity index (χ1v) is 4.12. The van der Waals surface area contributed by atoms with Crippen LogP contribution in [0, 0.1) is 5.92 Å². The van der Waals surface area contributed by atoms with Gasteiger partial charge in [0.15, 0.2) is 0 Å². The molecule has 3 heteroatoms.